The summed E-state index contributed by atoms with van der Waals surface area (Å²) in [5.41, 5.74) is 2.65. The molecule has 23 heavy (non-hydrogen) atoms. The number of phenols is 1. The Morgan fingerprint density at radius 1 is 1.00 bits per heavy atom. The van der Waals surface area contributed by atoms with Gasteiger partial charge in [0.2, 0.25) is 0 Å². The van der Waals surface area contributed by atoms with Gasteiger partial charge in [0.15, 0.2) is 0 Å². The van der Waals surface area contributed by atoms with Crippen LogP contribution in [0.2, 0.25) is 0 Å². The van der Waals surface area contributed by atoms with E-state index < -0.39 is 0 Å². The molecule has 4 nitrogen and oxygen atoms in total. The van der Waals surface area contributed by atoms with Crippen molar-refractivity contribution in [2.45, 2.75) is 6.54 Å². The van der Waals surface area contributed by atoms with Crippen molar-refractivity contribution in [1.82, 2.24) is 9.47 Å². The molecule has 0 aliphatic rings. The van der Waals surface area contributed by atoms with E-state index in [0.29, 0.717) is 12.1 Å². The third-order valence-electron chi connectivity index (χ3n) is 3.72. The van der Waals surface area contributed by atoms with Gasteiger partial charge in [-0.2, -0.15) is 0 Å². The minimum Gasteiger partial charge on any atom is -0.508 e. The van der Waals surface area contributed by atoms with Crippen LogP contribution in [0.1, 0.15) is 15.9 Å². The number of rotatable bonds is 4. The molecule has 0 saturated carbocycles. The molecule has 0 fully saturated rings. The molecule has 0 spiro atoms. The molecule has 3 aromatic rings. The smallest absolute Gasteiger partial charge is 0.253 e. The van der Waals surface area contributed by atoms with Crippen molar-refractivity contribution in [2.75, 3.05) is 7.05 Å². The van der Waals surface area contributed by atoms with Gasteiger partial charge in [-0.15, -0.1) is 0 Å². The van der Waals surface area contributed by atoms with E-state index in [2.05, 4.69) is 0 Å². The van der Waals surface area contributed by atoms with E-state index in [9.17, 15) is 9.90 Å². The highest BCUT2D eigenvalue weighted by Crippen LogP contribution is 2.14. The Balaban J connectivity index is 1.70. The zero-order valence-electron chi connectivity index (χ0n) is 12.9. The number of aromatic nitrogens is 1. The van der Waals surface area contributed by atoms with Crippen LogP contribution in [0.15, 0.2) is 73.1 Å². The number of benzene rings is 2. The summed E-state index contributed by atoms with van der Waals surface area (Å²) >= 11 is 0. The van der Waals surface area contributed by atoms with E-state index in [1.165, 1.54) is 0 Å². The van der Waals surface area contributed by atoms with Gasteiger partial charge >= 0.3 is 0 Å². The zero-order valence-corrected chi connectivity index (χ0v) is 12.9. The summed E-state index contributed by atoms with van der Waals surface area (Å²) in [6.07, 6.45) is 3.93. The lowest BCUT2D eigenvalue weighted by molar-refractivity contribution is 0.0785. The topological polar surface area (TPSA) is 45.5 Å². The van der Waals surface area contributed by atoms with E-state index in [-0.39, 0.29) is 11.7 Å². The molecule has 1 heterocycles. The van der Waals surface area contributed by atoms with Gasteiger partial charge in [-0.25, -0.2) is 0 Å². The first-order valence-corrected chi connectivity index (χ1v) is 7.40. The molecule has 1 amide bonds. The van der Waals surface area contributed by atoms with Crippen LogP contribution in [0.5, 0.6) is 5.75 Å². The van der Waals surface area contributed by atoms with Gasteiger partial charge in [0.1, 0.15) is 5.75 Å². The Labute approximate surface area is 135 Å². The first-order valence-electron chi connectivity index (χ1n) is 7.40. The van der Waals surface area contributed by atoms with Crippen LogP contribution < -0.4 is 0 Å². The molecule has 0 radical (unpaired) electrons. The molecule has 0 aliphatic heterocycles. The Bertz CT molecular complexity index is 775. The van der Waals surface area contributed by atoms with Gasteiger partial charge in [-0.1, -0.05) is 12.1 Å². The molecule has 1 N–H and O–H groups in total. The van der Waals surface area contributed by atoms with Gasteiger partial charge in [-0.3, -0.25) is 4.79 Å². The fraction of sp³-hybridized carbons (Fsp3) is 0.105. The number of phenolic OH excluding ortho intramolecular Hbond substituents is 1. The number of nitrogens with zero attached hydrogens (tertiary/aromatic N) is 2. The average molecular weight is 306 g/mol. The number of carbonyl (C=O) groups is 1. The van der Waals surface area contributed by atoms with Crippen LogP contribution in [0, 0.1) is 0 Å². The van der Waals surface area contributed by atoms with Crippen LogP contribution in [0.4, 0.5) is 0 Å². The predicted octanol–water partition coefficient (Wildman–Crippen LogP) is 3.46. The van der Waals surface area contributed by atoms with E-state index in [0.717, 1.165) is 11.3 Å². The molecular formula is C19H18N2O2. The first kappa shape index (κ1) is 14.9. The lowest BCUT2D eigenvalue weighted by Crippen LogP contribution is -2.26. The first-order chi connectivity index (χ1) is 11.1. The maximum absolute atomic E-state index is 12.5. The fourth-order valence-electron chi connectivity index (χ4n) is 2.45. The minimum absolute atomic E-state index is 0.0304. The second kappa shape index (κ2) is 6.40. The Morgan fingerprint density at radius 2 is 1.61 bits per heavy atom. The number of hydrogen-bond acceptors (Lipinski definition) is 2. The zero-order chi connectivity index (χ0) is 16.2. The highest BCUT2D eigenvalue weighted by Gasteiger charge is 2.12. The highest BCUT2D eigenvalue weighted by atomic mass is 16.3. The third-order valence-corrected chi connectivity index (χ3v) is 3.72. The van der Waals surface area contributed by atoms with Crippen LogP contribution in [0.25, 0.3) is 5.69 Å². The monoisotopic (exact) mass is 306 g/mol. The molecule has 3 rings (SSSR count). The summed E-state index contributed by atoms with van der Waals surface area (Å²) in [4.78, 5) is 14.1. The summed E-state index contributed by atoms with van der Waals surface area (Å²) in [6, 6.07) is 18.3. The van der Waals surface area contributed by atoms with Crippen molar-refractivity contribution in [3.8, 4) is 11.4 Å². The lowest BCUT2D eigenvalue weighted by atomic mass is 10.1. The molecule has 116 valence electrons. The molecule has 1 aromatic heterocycles. The minimum atomic E-state index is -0.0304. The summed E-state index contributed by atoms with van der Waals surface area (Å²) in [5, 5.41) is 9.30. The van der Waals surface area contributed by atoms with Crippen LogP contribution in [0.3, 0.4) is 0 Å². The van der Waals surface area contributed by atoms with Crippen molar-refractivity contribution in [2.24, 2.45) is 0 Å². The highest BCUT2D eigenvalue weighted by molar-refractivity contribution is 5.94. The van der Waals surface area contributed by atoms with E-state index in [1.807, 2.05) is 65.5 Å². The summed E-state index contributed by atoms with van der Waals surface area (Å²) in [7, 11) is 1.77. The van der Waals surface area contributed by atoms with Crippen molar-refractivity contribution in [3.63, 3.8) is 0 Å². The van der Waals surface area contributed by atoms with Crippen LogP contribution in [-0.4, -0.2) is 27.5 Å². The molecule has 0 bridgehead atoms. The quantitative estimate of drug-likeness (QED) is 0.802. The number of aromatic hydroxyl groups is 1. The largest absolute Gasteiger partial charge is 0.508 e. The van der Waals surface area contributed by atoms with Gasteiger partial charge < -0.3 is 14.6 Å². The van der Waals surface area contributed by atoms with Gasteiger partial charge in [0, 0.05) is 37.2 Å². The summed E-state index contributed by atoms with van der Waals surface area (Å²) < 4.78 is 1.99. The van der Waals surface area contributed by atoms with Crippen molar-refractivity contribution in [3.05, 3.63) is 84.2 Å². The lowest BCUT2D eigenvalue weighted by Gasteiger charge is -2.17. The molecule has 4 heteroatoms. The second-order valence-corrected chi connectivity index (χ2v) is 5.46. The summed E-state index contributed by atoms with van der Waals surface area (Å²) in [6.45, 7) is 0.498. The number of hydrogen-bond donors (Lipinski definition) is 1. The number of amides is 1. The maximum Gasteiger partial charge on any atom is 0.253 e. The van der Waals surface area contributed by atoms with Gasteiger partial charge in [0.05, 0.1) is 0 Å². The van der Waals surface area contributed by atoms with Gasteiger partial charge in [-0.05, 0) is 54.1 Å². The van der Waals surface area contributed by atoms with E-state index >= 15 is 0 Å². The van der Waals surface area contributed by atoms with E-state index in [1.54, 1.807) is 24.1 Å². The molecular weight excluding hydrogens is 288 g/mol. The molecule has 0 saturated heterocycles. The SMILES string of the molecule is CN(Cc1ccc(O)cc1)C(=O)c1ccc(-n2cccc2)cc1. The Kier molecular flexibility index (Phi) is 4.15. The van der Waals surface area contributed by atoms with Crippen molar-refractivity contribution < 1.29 is 9.90 Å². The predicted molar refractivity (Wildman–Crippen MR) is 89.7 cm³/mol. The van der Waals surface area contributed by atoms with Gasteiger partial charge in [0.25, 0.3) is 5.91 Å². The molecule has 0 unspecified atom stereocenters. The maximum atomic E-state index is 12.5. The number of carbonyl (C=O) groups excluding carboxylic acids is 1. The average Bonchev–Trinajstić information content (AvgIpc) is 3.11. The summed E-state index contributed by atoms with van der Waals surface area (Å²) in [5.74, 6) is 0.195. The van der Waals surface area contributed by atoms with Crippen molar-refractivity contribution >= 4 is 5.91 Å². The van der Waals surface area contributed by atoms with Crippen LogP contribution in [-0.2, 0) is 6.54 Å². The molecule has 2 aromatic carbocycles. The van der Waals surface area contributed by atoms with E-state index in [4.69, 9.17) is 0 Å². The third kappa shape index (κ3) is 3.43. The van der Waals surface area contributed by atoms with Crippen molar-refractivity contribution in [1.29, 1.82) is 0 Å². The molecule has 0 aliphatic carbocycles. The second-order valence-electron chi connectivity index (χ2n) is 5.46. The Morgan fingerprint density at radius 3 is 2.22 bits per heavy atom. The van der Waals surface area contributed by atoms with Crippen LogP contribution >= 0.6 is 0 Å². The fourth-order valence-corrected chi connectivity index (χ4v) is 2.45. The standard InChI is InChI=1S/C19H18N2O2/c1-20(14-15-4-10-18(22)11-5-15)19(23)16-6-8-17(9-7-16)21-12-2-3-13-21/h2-13,22H,14H2,1H3. The normalized spacial score (nSPS) is 10.5. The Hall–Kier alpha value is -3.01. The molecule has 0 atom stereocenters.